The molecule has 2 nitrogen and oxygen atoms in total. The van der Waals surface area contributed by atoms with E-state index in [-0.39, 0.29) is 5.38 Å². The minimum atomic E-state index is -0.0475. The van der Waals surface area contributed by atoms with Crippen LogP contribution in [0.15, 0.2) is 41.1 Å². The second-order valence-electron chi connectivity index (χ2n) is 3.26. The Hall–Kier alpha value is -0.800. The van der Waals surface area contributed by atoms with Gasteiger partial charge in [0.15, 0.2) is 0 Å². The van der Waals surface area contributed by atoms with Crippen molar-refractivity contribution in [2.75, 3.05) is 0 Å². The van der Waals surface area contributed by atoms with Crippen molar-refractivity contribution in [3.8, 4) is 0 Å². The lowest BCUT2D eigenvalue weighted by Gasteiger charge is -2.08. The van der Waals surface area contributed by atoms with Crippen LogP contribution in [0.4, 0.5) is 0 Å². The monoisotopic (exact) mass is 284 g/mol. The number of H-pyrrole nitrogens is 1. The van der Waals surface area contributed by atoms with Gasteiger partial charge in [-0.1, -0.05) is 28.1 Å². The quantitative estimate of drug-likeness (QED) is 0.856. The van der Waals surface area contributed by atoms with Gasteiger partial charge in [-0.15, -0.1) is 11.6 Å². The normalized spacial score (nSPS) is 12.7. The molecule has 4 heteroatoms. The summed E-state index contributed by atoms with van der Waals surface area (Å²) >= 11 is 9.72. The standard InChI is InChI=1S/C11H10BrClN2/c12-9-3-1-2-8(6-9)10(13)7-11-14-4-5-15-11/h1-6,10H,7H2,(H,14,15). The van der Waals surface area contributed by atoms with E-state index in [0.717, 1.165) is 15.9 Å². The van der Waals surface area contributed by atoms with E-state index in [1.165, 1.54) is 0 Å². The predicted octanol–water partition coefficient (Wildman–Crippen LogP) is 3.69. The molecule has 0 amide bonds. The lowest BCUT2D eigenvalue weighted by atomic mass is 10.1. The molecular formula is C11H10BrClN2. The average molecular weight is 286 g/mol. The molecule has 15 heavy (non-hydrogen) atoms. The number of imidazole rings is 1. The summed E-state index contributed by atoms with van der Waals surface area (Å²) in [6.07, 6.45) is 4.25. The van der Waals surface area contributed by atoms with Gasteiger partial charge in [-0.2, -0.15) is 0 Å². The minimum absolute atomic E-state index is 0.0475. The van der Waals surface area contributed by atoms with Crippen LogP contribution in [0.25, 0.3) is 0 Å². The number of nitrogens with one attached hydrogen (secondary N) is 1. The molecule has 0 radical (unpaired) electrons. The van der Waals surface area contributed by atoms with Crippen molar-refractivity contribution in [2.24, 2.45) is 0 Å². The molecule has 2 rings (SSSR count). The molecule has 1 atom stereocenters. The number of hydrogen-bond acceptors (Lipinski definition) is 1. The van der Waals surface area contributed by atoms with Crippen LogP contribution in [0, 0.1) is 0 Å². The number of aromatic amines is 1. The van der Waals surface area contributed by atoms with Crippen LogP contribution < -0.4 is 0 Å². The summed E-state index contributed by atoms with van der Waals surface area (Å²) in [6.45, 7) is 0. The van der Waals surface area contributed by atoms with E-state index in [1.807, 2.05) is 24.3 Å². The zero-order valence-electron chi connectivity index (χ0n) is 7.95. The lowest BCUT2D eigenvalue weighted by Crippen LogP contribution is -1.97. The summed E-state index contributed by atoms with van der Waals surface area (Å²) in [7, 11) is 0. The Morgan fingerprint density at radius 3 is 3.00 bits per heavy atom. The van der Waals surface area contributed by atoms with E-state index in [0.29, 0.717) is 6.42 Å². The van der Waals surface area contributed by atoms with Gasteiger partial charge in [-0.3, -0.25) is 0 Å². The van der Waals surface area contributed by atoms with Crippen LogP contribution in [-0.4, -0.2) is 9.97 Å². The van der Waals surface area contributed by atoms with E-state index >= 15 is 0 Å². The molecule has 0 spiro atoms. The van der Waals surface area contributed by atoms with Crippen LogP contribution in [0.1, 0.15) is 16.8 Å². The second-order valence-corrected chi connectivity index (χ2v) is 4.71. The fourth-order valence-electron chi connectivity index (χ4n) is 1.40. The van der Waals surface area contributed by atoms with Crippen molar-refractivity contribution in [3.63, 3.8) is 0 Å². The molecule has 2 aromatic rings. The number of aromatic nitrogens is 2. The first-order chi connectivity index (χ1) is 7.25. The van der Waals surface area contributed by atoms with E-state index < -0.39 is 0 Å². The molecule has 1 aromatic heterocycles. The third kappa shape index (κ3) is 2.83. The SMILES string of the molecule is ClC(Cc1ncc[nH]1)c1cccc(Br)c1. The molecule has 0 bridgehead atoms. The maximum Gasteiger partial charge on any atom is 0.107 e. The molecule has 0 saturated carbocycles. The highest BCUT2D eigenvalue weighted by molar-refractivity contribution is 9.10. The smallest absolute Gasteiger partial charge is 0.107 e. The van der Waals surface area contributed by atoms with Gasteiger partial charge in [0, 0.05) is 23.3 Å². The van der Waals surface area contributed by atoms with Crippen molar-refractivity contribution in [1.29, 1.82) is 0 Å². The predicted molar refractivity (Wildman–Crippen MR) is 65.0 cm³/mol. The van der Waals surface area contributed by atoms with Crippen molar-refractivity contribution in [1.82, 2.24) is 9.97 Å². The number of nitrogens with zero attached hydrogens (tertiary/aromatic N) is 1. The first-order valence-electron chi connectivity index (χ1n) is 4.63. The molecule has 0 aliphatic rings. The molecule has 1 aromatic carbocycles. The summed E-state index contributed by atoms with van der Waals surface area (Å²) in [4.78, 5) is 7.20. The third-order valence-electron chi connectivity index (χ3n) is 2.14. The Labute approximate surface area is 102 Å². The largest absolute Gasteiger partial charge is 0.349 e. The maximum atomic E-state index is 6.29. The molecule has 0 aliphatic heterocycles. The highest BCUT2D eigenvalue weighted by atomic mass is 79.9. The molecule has 1 N–H and O–H groups in total. The number of halogens is 2. The highest BCUT2D eigenvalue weighted by Gasteiger charge is 2.10. The van der Waals surface area contributed by atoms with Crippen LogP contribution in [0.5, 0.6) is 0 Å². The Balaban J connectivity index is 2.11. The topological polar surface area (TPSA) is 28.7 Å². The maximum absolute atomic E-state index is 6.29. The van der Waals surface area contributed by atoms with E-state index in [4.69, 9.17) is 11.6 Å². The molecular weight excluding hydrogens is 275 g/mol. The summed E-state index contributed by atoms with van der Waals surface area (Å²) in [5.41, 5.74) is 1.10. The van der Waals surface area contributed by atoms with Gasteiger partial charge >= 0.3 is 0 Å². The zero-order valence-corrected chi connectivity index (χ0v) is 10.3. The van der Waals surface area contributed by atoms with Crippen molar-refractivity contribution < 1.29 is 0 Å². The number of alkyl halides is 1. The molecule has 78 valence electrons. The second kappa shape index (κ2) is 4.81. The Morgan fingerprint density at radius 1 is 1.47 bits per heavy atom. The lowest BCUT2D eigenvalue weighted by molar-refractivity contribution is 0.854. The first-order valence-corrected chi connectivity index (χ1v) is 5.86. The Bertz CT molecular complexity index is 428. The van der Waals surface area contributed by atoms with Gasteiger partial charge in [0.2, 0.25) is 0 Å². The van der Waals surface area contributed by atoms with Gasteiger partial charge in [0.1, 0.15) is 5.82 Å². The summed E-state index contributed by atoms with van der Waals surface area (Å²) in [6, 6.07) is 8.02. The zero-order chi connectivity index (χ0) is 10.7. The number of rotatable bonds is 3. The van der Waals surface area contributed by atoms with E-state index in [1.54, 1.807) is 12.4 Å². The first kappa shape index (κ1) is 10.7. The Kier molecular flexibility index (Phi) is 3.44. The van der Waals surface area contributed by atoms with E-state index in [9.17, 15) is 0 Å². The van der Waals surface area contributed by atoms with Crippen molar-refractivity contribution in [2.45, 2.75) is 11.8 Å². The van der Waals surface area contributed by atoms with Gasteiger partial charge < -0.3 is 4.98 Å². The van der Waals surface area contributed by atoms with Gasteiger partial charge in [0.25, 0.3) is 0 Å². The Morgan fingerprint density at radius 2 is 2.33 bits per heavy atom. The third-order valence-corrected chi connectivity index (χ3v) is 3.04. The molecule has 0 saturated heterocycles. The van der Waals surface area contributed by atoms with Crippen molar-refractivity contribution in [3.05, 3.63) is 52.5 Å². The van der Waals surface area contributed by atoms with Crippen molar-refractivity contribution >= 4 is 27.5 Å². The minimum Gasteiger partial charge on any atom is -0.349 e. The van der Waals surface area contributed by atoms with Crippen LogP contribution in [0.2, 0.25) is 0 Å². The average Bonchev–Trinajstić information content (AvgIpc) is 2.70. The van der Waals surface area contributed by atoms with Crippen LogP contribution in [-0.2, 0) is 6.42 Å². The highest BCUT2D eigenvalue weighted by Crippen LogP contribution is 2.25. The number of hydrogen-bond donors (Lipinski definition) is 1. The molecule has 0 aliphatic carbocycles. The summed E-state index contributed by atoms with van der Waals surface area (Å²) in [5, 5.41) is -0.0475. The van der Waals surface area contributed by atoms with Crippen LogP contribution >= 0.6 is 27.5 Å². The fourth-order valence-corrected chi connectivity index (χ4v) is 2.10. The fraction of sp³-hybridized carbons (Fsp3) is 0.182. The van der Waals surface area contributed by atoms with E-state index in [2.05, 4.69) is 25.9 Å². The van der Waals surface area contributed by atoms with Gasteiger partial charge in [-0.05, 0) is 17.7 Å². The number of benzene rings is 1. The van der Waals surface area contributed by atoms with Gasteiger partial charge in [0.05, 0.1) is 5.38 Å². The molecule has 1 unspecified atom stereocenters. The van der Waals surface area contributed by atoms with Gasteiger partial charge in [-0.25, -0.2) is 4.98 Å². The molecule has 1 heterocycles. The summed E-state index contributed by atoms with van der Waals surface area (Å²) in [5.74, 6) is 0.912. The molecule has 0 fully saturated rings. The van der Waals surface area contributed by atoms with Crippen LogP contribution in [0.3, 0.4) is 0 Å². The summed E-state index contributed by atoms with van der Waals surface area (Å²) < 4.78 is 1.05.